The lowest BCUT2D eigenvalue weighted by molar-refractivity contribution is -0.139. The number of benzene rings is 1. The summed E-state index contributed by atoms with van der Waals surface area (Å²) in [7, 11) is 0. The first kappa shape index (κ1) is 19.5. The van der Waals surface area contributed by atoms with Gasteiger partial charge in [-0.25, -0.2) is 9.18 Å². The number of hydrogen-bond acceptors (Lipinski definition) is 5. The van der Waals surface area contributed by atoms with E-state index in [9.17, 15) is 24.2 Å². The molecule has 9 heteroatoms. The molecule has 0 aliphatic carbocycles. The number of nitrogens with zero attached hydrogens (tertiary/aromatic N) is 2. The number of halogens is 1. The third-order valence-electron chi connectivity index (χ3n) is 4.01. The largest absolute Gasteiger partial charge is 0.494 e. The Labute approximate surface area is 153 Å². The van der Waals surface area contributed by atoms with Gasteiger partial charge in [-0.2, -0.15) is 0 Å². The molecule has 0 unspecified atom stereocenters. The van der Waals surface area contributed by atoms with Gasteiger partial charge in [-0.05, 0) is 42.4 Å². The summed E-state index contributed by atoms with van der Waals surface area (Å²) < 4.78 is 14.2. The second-order valence-corrected chi connectivity index (χ2v) is 6.14. The molecule has 0 saturated carbocycles. The Kier molecular flexibility index (Phi) is 6.04. The van der Waals surface area contributed by atoms with E-state index in [0.717, 1.165) is 10.8 Å². The van der Waals surface area contributed by atoms with E-state index in [2.05, 4.69) is 9.98 Å². The molecule has 7 nitrogen and oxygen atoms in total. The second-order valence-electron chi connectivity index (χ2n) is 5.76. The van der Waals surface area contributed by atoms with Crippen LogP contribution in [0.25, 0.3) is 5.69 Å². The summed E-state index contributed by atoms with van der Waals surface area (Å²) in [5.74, 6) is -2.36. The zero-order valence-corrected chi connectivity index (χ0v) is 15.0. The van der Waals surface area contributed by atoms with Gasteiger partial charge in [0.15, 0.2) is 4.77 Å². The third kappa shape index (κ3) is 4.05. The number of carbonyl (C=O) groups is 1. The zero-order chi connectivity index (χ0) is 19.4. The van der Waals surface area contributed by atoms with E-state index in [-0.39, 0.29) is 16.3 Å². The number of rotatable bonds is 6. The molecule has 1 aromatic heterocycles. The van der Waals surface area contributed by atoms with Crippen LogP contribution in [-0.2, 0) is 4.79 Å². The van der Waals surface area contributed by atoms with Crippen LogP contribution in [0.3, 0.4) is 0 Å². The smallest absolute Gasteiger partial charge is 0.328 e. The van der Waals surface area contributed by atoms with E-state index in [1.54, 1.807) is 6.92 Å². The van der Waals surface area contributed by atoms with Crippen LogP contribution in [-0.4, -0.2) is 38.0 Å². The van der Waals surface area contributed by atoms with Crippen LogP contribution in [0.5, 0.6) is 5.88 Å². The highest BCUT2D eigenvalue weighted by molar-refractivity contribution is 7.71. The molecule has 0 fully saturated rings. The number of aromatic amines is 1. The minimum atomic E-state index is -1.13. The number of hydrogen-bond donors (Lipinski definition) is 3. The van der Waals surface area contributed by atoms with E-state index >= 15 is 0 Å². The number of carboxylic acids is 1. The van der Waals surface area contributed by atoms with Crippen molar-refractivity contribution < 1.29 is 19.4 Å². The topological polar surface area (TPSA) is 108 Å². The summed E-state index contributed by atoms with van der Waals surface area (Å²) in [6, 6.07) is 4.06. The van der Waals surface area contributed by atoms with Gasteiger partial charge in [-0.15, -0.1) is 0 Å². The lowest BCUT2D eigenvalue weighted by atomic mass is 10.00. The Morgan fingerprint density at radius 3 is 2.58 bits per heavy atom. The fraction of sp³-hybridized carbons (Fsp3) is 0.294. The van der Waals surface area contributed by atoms with Gasteiger partial charge in [0, 0.05) is 6.21 Å². The Morgan fingerprint density at radius 1 is 1.42 bits per heavy atom. The molecule has 0 radical (unpaired) electrons. The zero-order valence-electron chi connectivity index (χ0n) is 14.1. The van der Waals surface area contributed by atoms with Crippen LogP contribution in [0, 0.1) is 16.5 Å². The number of H-pyrrole nitrogens is 1. The summed E-state index contributed by atoms with van der Waals surface area (Å²) in [4.78, 5) is 29.8. The maximum atomic E-state index is 13.1. The molecule has 1 aromatic carbocycles. The summed E-state index contributed by atoms with van der Waals surface area (Å²) in [5.41, 5.74) is -0.614. The summed E-state index contributed by atoms with van der Waals surface area (Å²) in [5, 5.41) is 19.7. The second kappa shape index (κ2) is 8.05. The van der Waals surface area contributed by atoms with E-state index in [4.69, 9.17) is 12.2 Å². The van der Waals surface area contributed by atoms with Crippen molar-refractivity contribution in [1.82, 2.24) is 9.55 Å². The van der Waals surface area contributed by atoms with E-state index in [1.165, 1.54) is 24.3 Å². The first-order valence-corrected chi connectivity index (χ1v) is 8.27. The molecular weight excluding hydrogens is 361 g/mol. The van der Waals surface area contributed by atoms with E-state index < -0.39 is 29.3 Å². The predicted octanol–water partition coefficient (Wildman–Crippen LogP) is 2.66. The molecule has 0 aliphatic rings. The van der Waals surface area contributed by atoms with Crippen molar-refractivity contribution >= 4 is 24.4 Å². The molecule has 2 aromatic rings. The molecule has 2 atom stereocenters. The van der Waals surface area contributed by atoms with E-state index in [0.29, 0.717) is 12.1 Å². The fourth-order valence-electron chi connectivity index (χ4n) is 2.32. The van der Waals surface area contributed by atoms with Crippen LogP contribution < -0.4 is 5.56 Å². The third-order valence-corrected chi connectivity index (χ3v) is 4.29. The van der Waals surface area contributed by atoms with Crippen molar-refractivity contribution in [3.05, 3.63) is 50.8 Å². The van der Waals surface area contributed by atoms with Crippen LogP contribution in [0.1, 0.15) is 25.8 Å². The van der Waals surface area contributed by atoms with Crippen molar-refractivity contribution in [2.75, 3.05) is 0 Å². The first-order chi connectivity index (χ1) is 12.3. The van der Waals surface area contributed by atoms with Gasteiger partial charge in [0.1, 0.15) is 17.4 Å². The number of aliphatic carboxylic acids is 1. The number of carboxylic acid groups (broad SMARTS) is 1. The van der Waals surface area contributed by atoms with Gasteiger partial charge < -0.3 is 10.2 Å². The molecule has 0 saturated heterocycles. The van der Waals surface area contributed by atoms with Gasteiger partial charge in [0.05, 0.1) is 5.69 Å². The maximum Gasteiger partial charge on any atom is 0.328 e. The van der Waals surface area contributed by atoms with Crippen molar-refractivity contribution in [2.24, 2.45) is 10.9 Å². The lowest BCUT2D eigenvalue weighted by Gasteiger charge is -2.14. The summed E-state index contributed by atoms with van der Waals surface area (Å²) in [6.07, 6.45) is 1.60. The molecule has 0 spiro atoms. The lowest BCUT2D eigenvalue weighted by Crippen LogP contribution is -2.26. The Balaban J connectivity index is 2.57. The Bertz CT molecular complexity index is 950. The molecule has 0 amide bonds. The van der Waals surface area contributed by atoms with Gasteiger partial charge in [-0.3, -0.25) is 19.3 Å². The standard InChI is InChI=1S/C17H18FN3O4S/c1-3-9(2)13(16(24)25)19-8-12-14(22)20-17(26)21(15(12)23)11-6-4-10(18)5-7-11/h4-9,13,23H,3H2,1-2H3,(H,24,25)(H,20,22,26)/t9-,13+/m1/s1. The van der Waals surface area contributed by atoms with Gasteiger partial charge in [-0.1, -0.05) is 20.3 Å². The van der Waals surface area contributed by atoms with Crippen LogP contribution in [0.15, 0.2) is 34.1 Å². The highest BCUT2D eigenvalue weighted by atomic mass is 32.1. The highest BCUT2D eigenvalue weighted by Gasteiger charge is 2.22. The van der Waals surface area contributed by atoms with Gasteiger partial charge in [0.2, 0.25) is 5.88 Å². The number of nitrogens with one attached hydrogen (secondary N) is 1. The molecule has 26 heavy (non-hydrogen) atoms. The summed E-state index contributed by atoms with van der Waals surface area (Å²) >= 11 is 5.05. The number of aromatic nitrogens is 2. The normalized spacial score (nSPS) is 13.7. The van der Waals surface area contributed by atoms with Crippen molar-refractivity contribution in [1.29, 1.82) is 0 Å². The highest BCUT2D eigenvalue weighted by Crippen LogP contribution is 2.19. The predicted molar refractivity (Wildman–Crippen MR) is 97.3 cm³/mol. The molecule has 0 bridgehead atoms. The Hall–Kier alpha value is -2.81. The molecule has 3 N–H and O–H groups in total. The van der Waals surface area contributed by atoms with Crippen LogP contribution in [0.2, 0.25) is 0 Å². The summed E-state index contributed by atoms with van der Waals surface area (Å²) in [6.45, 7) is 3.56. The monoisotopic (exact) mass is 379 g/mol. The van der Waals surface area contributed by atoms with Crippen LogP contribution >= 0.6 is 12.2 Å². The van der Waals surface area contributed by atoms with E-state index in [1.807, 2.05) is 6.92 Å². The molecule has 0 aliphatic heterocycles. The van der Waals surface area contributed by atoms with Crippen molar-refractivity contribution in [3.8, 4) is 11.6 Å². The Morgan fingerprint density at radius 2 is 2.04 bits per heavy atom. The quantitative estimate of drug-likeness (QED) is 0.528. The van der Waals surface area contributed by atoms with Gasteiger partial charge in [0.25, 0.3) is 5.56 Å². The number of aliphatic imine (C=N–C) groups is 1. The maximum absolute atomic E-state index is 13.1. The average Bonchev–Trinajstić information content (AvgIpc) is 2.58. The first-order valence-electron chi connectivity index (χ1n) is 7.86. The molecular formula is C17H18FN3O4S. The SMILES string of the molecule is CC[C@@H](C)[C@H](N=Cc1c(O)n(-c2ccc(F)cc2)c(=S)[nH]c1=O)C(=O)O. The molecule has 1 heterocycles. The van der Waals surface area contributed by atoms with Crippen LogP contribution in [0.4, 0.5) is 4.39 Å². The minimum absolute atomic E-state index is 0.0898. The number of aromatic hydroxyl groups is 1. The average molecular weight is 379 g/mol. The molecule has 2 rings (SSSR count). The minimum Gasteiger partial charge on any atom is -0.494 e. The van der Waals surface area contributed by atoms with Gasteiger partial charge >= 0.3 is 5.97 Å². The fourth-order valence-corrected chi connectivity index (χ4v) is 2.60. The van der Waals surface area contributed by atoms with Crippen molar-refractivity contribution in [2.45, 2.75) is 26.3 Å². The van der Waals surface area contributed by atoms with Crippen molar-refractivity contribution in [3.63, 3.8) is 0 Å². The molecule has 138 valence electrons.